The summed E-state index contributed by atoms with van der Waals surface area (Å²) in [6, 6.07) is 13.0. The highest BCUT2D eigenvalue weighted by Crippen LogP contribution is 2.40. The monoisotopic (exact) mass is 368 g/mol. The number of ketones is 1. The number of anilines is 1. The fraction of sp³-hybridized carbons (Fsp3) is 0.211. The van der Waals surface area contributed by atoms with E-state index in [-0.39, 0.29) is 12.3 Å². The van der Waals surface area contributed by atoms with Gasteiger partial charge in [0.25, 0.3) is 11.6 Å². The van der Waals surface area contributed by atoms with E-state index >= 15 is 0 Å². The second-order valence-electron chi connectivity index (χ2n) is 5.90. The average molecular weight is 368 g/mol. The van der Waals surface area contributed by atoms with Gasteiger partial charge in [0.05, 0.1) is 17.6 Å². The number of esters is 1. The zero-order chi connectivity index (χ0) is 19.6. The van der Waals surface area contributed by atoms with Gasteiger partial charge in [-0.25, -0.2) is 0 Å². The molecule has 1 saturated heterocycles. The van der Waals surface area contributed by atoms with Crippen molar-refractivity contribution >= 4 is 29.0 Å². The van der Waals surface area contributed by atoms with Crippen molar-refractivity contribution < 1.29 is 24.0 Å². The summed E-state index contributed by atoms with van der Waals surface area (Å²) in [5, 5.41) is 10.9. The molecule has 138 valence electrons. The van der Waals surface area contributed by atoms with Crippen LogP contribution in [0, 0.1) is 16.0 Å². The number of carbonyl (C=O) groups excluding carboxylic acids is 3. The summed E-state index contributed by atoms with van der Waals surface area (Å²) in [6.45, 7) is 1.70. The Morgan fingerprint density at radius 1 is 1.11 bits per heavy atom. The highest BCUT2D eigenvalue weighted by Gasteiger charge is 2.53. The first-order chi connectivity index (χ1) is 13.0. The Morgan fingerprint density at radius 3 is 2.30 bits per heavy atom. The molecule has 0 aromatic heterocycles. The second kappa shape index (κ2) is 7.36. The van der Waals surface area contributed by atoms with Crippen LogP contribution >= 0.6 is 0 Å². The van der Waals surface area contributed by atoms with E-state index in [2.05, 4.69) is 0 Å². The van der Waals surface area contributed by atoms with Gasteiger partial charge in [-0.2, -0.15) is 0 Å². The number of nitro benzene ring substituents is 1. The topological polar surface area (TPSA) is 107 Å². The van der Waals surface area contributed by atoms with Crippen LogP contribution in [0.25, 0.3) is 0 Å². The van der Waals surface area contributed by atoms with Gasteiger partial charge in [-0.3, -0.25) is 29.4 Å². The minimum Gasteiger partial charge on any atom is -0.465 e. The summed E-state index contributed by atoms with van der Waals surface area (Å²) in [4.78, 5) is 49.1. The van der Waals surface area contributed by atoms with E-state index in [0.717, 1.165) is 0 Å². The Labute approximate surface area is 154 Å². The Bertz CT molecular complexity index is 894. The van der Waals surface area contributed by atoms with Crippen LogP contribution in [0.3, 0.4) is 0 Å². The number of nitrogens with zero attached hydrogens (tertiary/aromatic N) is 2. The first-order valence-corrected chi connectivity index (χ1v) is 8.29. The highest BCUT2D eigenvalue weighted by atomic mass is 16.6. The number of ether oxygens (including phenoxy) is 1. The van der Waals surface area contributed by atoms with Crippen molar-refractivity contribution in [2.45, 2.75) is 13.0 Å². The van der Waals surface area contributed by atoms with Crippen molar-refractivity contribution in [2.24, 2.45) is 5.92 Å². The summed E-state index contributed by atoms with van der Waals surface area (Å²) in [5.41, 5.74) is 0.739. The standard InChI is InChI=1S/C19H16N2O6/c1-2-27-19(24)15-16(12-6-4-3-5-7-12)20(18(23)17(15)22)13-8-10-14(11-9-13)21(25)26/h3-11,15-16H,2H2,1H3/t15-,16+/m0/s1. The fourth-order valence-electron chi connectivity index (χ4n) is 3.14. The molecule has 1 heterocycles. The van der Waals surface area contributed by atoms with Crippen molar-refractivity contribution in [3.8, 4) is 0 Å². The van der Waals surface area contributed by atoms with Gasteiger partial charge in [-0.15, -0.1) is 0 Å². The SMILES string of the molecule is CCOC(=O)[C@@H]1C(=O)C(=O)N(c2ccc([N+](=O)[O-])cc2)[C@@H]1c1ccccc1. The molecule has 2 atom stereocenters. The van der Waals surface area contributed by atoms with Crippen molar-refractivity contribution in [1.29, 1.82) is 0 Å². The molecule has 0 spiro atoms. The molecule has 8 nitrogen and oxygen atoms in total. The maximum absolute atomic E-state index is 12.7. The number of rotatable bonds is 5. The van der Waals surface area contributed by atoms with Crippen LogP contribution in [-0.4, -0.2) is 29.2 Å². The molecule has 1 amide bonds. The Kier molecular flexibility index (Phi) is 4.98. The van der Waals surface area contributed by atoms with Crippen molar-refractivity contribution in [3.63, 3.8) is 0 Å². The summed E-state index contributed by atoms with van der Waals surface area (Å²) in [5.74, 6) is -3.78. The summed E-state index contributed by atoms with van der Waals surface area (Å²) in [7, 11) is 0. The van der Waals surface area contributed by atoms with Gasteiger partial charge in [-0.05, 0) is 24.6 Å². The van der Waals surface area contributed by atoms with E-state index in [1.807, 2.05) is 0 Å². The molecule has 1 aliphatic rings. The number of Topliss-reactive ketones (excluding diaryl/α,β-unsaturated/α-hetero) is 1. The third-order valence-electron chi connectivity index (χ3n) is 4.33. The summed E-state index contributed by atoms with van der Waals surface area (Å²) in [6.07, 6.45) is 0. The van der Waals surface area contributed by atoms with Gasteiger partial charge >= 0.3 is 5.97 Å². The Morgan fingerprint density at radius 2 is 1.74 bits per heavy atom. The van der Waals surface area contributed by atoms with Crippen molar-refractivity contribution in [2.75, 3.05) is 11.5 Å². The minimum atomic E-state index is -1.30. The largest absolute Gasteiger partial charge is 0.465 e. The molecule has 3 rings (SSSR count). The van der Waals surface area contributed by atoms with Crippen LogP contribution in [0.15, 0.2) is 54.6 Å². The molecule has 1 aliphatic heterocycles. The minimum absolute atomic E-state index is 0.0792. The zero-order valence-electron chi connectivity index (χ0n) is 14.4. The molecule has 0 N–H and O–H groups in total. The van der Waals surface area contributed by atoms with Crippen LogP contribution in [0.4, 0.5) is 11.4 Å². The van der Waals surface area contributed by atoms with E-state index in [1.165, 1.54) is 29.2 Å². The molecule has 0 radical (unpaired) electrons. The number of non-ortho nitro benzene ring substituents is 1. The lowest BCUT2D eigenvalue weighted by atomic mass is 9.93. The van der Waals surface area contributed by atoms with Crippen LogP contribution in [0.1, 0.15) is 18.5 Å². The van der Waals surface area contributed by atoms with Gasteiger partial charge in [0.15, 0.2) is 0 Å². The molecule has 2 aromatic rings. The van der Waals surface area contributed by atoms with E-state index in [9.17, 15) is 24.5 Å². The quantitative estimate of drug-likeness (QED) is 0.264. The fourth-order valence-corrected chi connectivity index (χ4v) is 3.14. The number of amides is 1. The molecule has 1 fully saturated rings. The predicted molar refractivity (Wildman–Crippen MR) is 94.9 cm³/mol. The number of hydrogen-bond acceptors (Lipinski definition) is 6. The maximum atomic E-state index is 12.7. The molecule has 8 heteroatoms. The zero-order valence-corrected chi connectivity index (χ0v) is 14.4. The van der Waals surface area contributed by atoms with Crippen LogP contribution in [0.2, 0.25) is 0 Å². The first-order valence-electron chi connectivity index (χ1n) is 8.29. The lowest BCUT2D eigenvalue weighted by Gasteiger charge is -2.26. The number of nitro groups is 1. The van der Waals surface area contributed by atoms with E-state index in [0.29, 0.717) is 11.3 Å². The molecule has 0 bridgehead atoms. The van der Waals surface area contributed by atoms with Gasteiger partial charge in [-0.1, -0.05) is 30.3 Å². The molecule has 27 heavy (non-hydrogen) atoms. The third-order valence-corrected chi connectivity index (χ3v) is 4.33. The molecular weight excluding hydrogens is 352 g/mol. The summed E-state index contributed by atoms with van der Waals surface area (Å²) < 4.78 is 5.00. The average Bonchev–Trinajstić information content (AvgIpc) is 2.94. The predicted octanol–water partition coefficient (Wildman–Crippen LogP) is 2.43. The van der Waals surface area contributed by atoms with E-state index < -0.39 is 34.5 Å². The molecule has 0 saturated carbocycles. The lowest BCUT2D eigenvalue weighted by Crippen LogP contribution is -2.31. The smallest absolute Gasteiger partial charge is 0.319 e. The number of hydrogen-bond donors (Lipinski definition) is 0. The van der Waals surface area contributed by atoms with E-state index in [4.69, 9.17) is 4.74 Å². The van der Waals surface area contributed by atoms with Gasteiger partial charge in [0.2, 0.25) is 5.78 Å². The number of carbonyl (C=O) groups is 3. The molecule has 2 aromatic carbocycles. The van der Waals surface area contributed by atoms with Gasteiger partial charge in [0, 0.05) is 17.8 Å². The molecular formula is C19H16N2O6. The molecule has 0 aliphatic carbocycles. The van der Waals surface area contributed by atoms with Gasteiger partial charge in [0.1, 0.15) is 5.92 Å². The maximum Gasteiger partial charge on any atom is 0.319 e. The van der Waals surface area contributed by atoms with Crippen LogP contribution in [0.5, 0.6) is 0 Å². The second-order valence-corrected chi connectivity index (χ2v) is 5.90. The van der Waals surface area contributed by atoms with E-state index in [1.54, 1.807) is 37.3 Å². The van der Waals surface area contributed by atoms with Crippen molar-refractivity contribution in [1.82, 2.24) is 0 Å². The summed E-state index contributed by atoms with van der Waals surface area (Å²) >= 11 is 0. The first kappa shape index (κ1) is 18.2. The van der Waals surface area contributed by atoms with Gasteiger partial charge < -0.3 is 4.74 Å². The number of benzene rings is 2. The Balaban J connectivity index is 2.09. The normalized spacial score (nSPS) is 19.2. The van der Waals surface area contributed by atoms with Crippen molar-refractivity contribution in [3.05, 3.63) is 70.3 Å². The van der Waals surface area contributed by atoms with Crippen LogP contribution < -0.4 is 4.90 Å². The lowest BCUT2D eigenvalue weighted by molar-refractivity contribution is -0.384. The third kappa shape index (κ3) is 3.29. The Hall–Kier alpha value is -3.55. The molecule has 0 unspecified atom stereocenters. The highest BCUT2D eigenvalue weighted by molar-refractivity contribution is 6.47. The van der Waals surface area contributed by atoms with Crippen LogP contribution in [-0.2, 0) is 19.1 Å².